The molecule has 0 radical (unpaired) electrons. The van der Waals surface area contributed by atoms with Crippen LogP contribution in [-0.4, -0.2) is 22.0 Å². The molecule has 1 N–H and O–H groups in total. The summed E-state index contributed by atoms with van der Waals surface area (Å²) in [5, 5.41) is 2.78. The molecule has 1 aromatic carbocycles. The molecule has 0 saturated heterocycles. The van der Waals surface area contributed by atoms with Crippen LogP contribution in [0.15, 0.2) is 41.5 Å². The van der Waals surface area contributed by atoms with Gasteiger partial charge in [-0.1, -0.05) is 17.7 Å². The highest BCUT2D eigenvalue weighted by atomic mass is 16.1. The smallest absolute Gasteiger partial charge is 0.253 e. The summed E-state index contributed by atoms with van der Waals surface area (Å²) in [5.74, 6) is -0.141. The van der Waals surface area contributed by atoms with Crippen molar-refractivity contribution in [2.24, 2.45) is 0 Å². The number of hydrogen-bond donors (Lipinski definition) is 1. The molecule has 0 bridgehead atoms. The molecule has 0 unspecified atom stereocenters. The van der Waals surface area contributed by atoms with Gasteiger partial charge in [-0.3, -0.25) is 14.2 Å². The van der Waals surface area contributed by atoms with Crippen molar-refractivity contribution in [2.75, 3.05) is 6.54 Å². The molecular weight excluding hydrogens is 254 g/mol. The van der Waals surface area contributed by atoms with Crippen LogP contribution in [0.1, 0.15) is 21.6 Å². The van der Waals surface area contributed by atoms with Crippen molar-refractivity contribution in [3.8, 4) is 0 Å². The van der Waals surface area contributed by atoms with Gasteiger partial charge in [-0.25, -0.2) is 4.98 Å². The molecule has 1 heterocycles. The SMILES string of the molecule is Cc1ccc(C(=O)NCCn2cnc(C)cc2=O)cc1. The van der Waals surface area contributed by atoms with E-state index >= 15 is 0 Å². The predicted molar refractivity (Wildman–Crippen MR) is 76.7 cm³/mol. The highest BCUT2D eigenvalue weighted by molar-refractivity contribution is 5.94. The molecular formula is C15H17N3O2. The first-order chi connectivity index (χ1) is 9.56. The number of aryl methyl sites for hydroxylation is 2. The first-order valence-corrected chi connectivity index (χ1v) is 6.44. The topological polar surface area (TPSA) is 64.0 Å². The van der Waals surface area contributed by atoms with Crippen LogP contribution >= 0.6 is 0 Å². The second kappa shape index (κ2) is 6.14. The predicted octanol–water partition coefficient (Wildman–Crippen LogP) is 1.29. The highest BCUT2D eigenvalue weighted by Gasteiger charge is 2.04. The van der Waals surface area contributed by atoms with Crippen molar-refractivity contribution < 1.29 is 4.79 Å². The van der Waals surface area contributed by atoms with Crippen molar-refractivity contribution in [2.45, 2.75) is 20.4 Å². The lowest BCUT2D eigenvalue weighted by Crippen LogP contribution is -2.30. The van der Waals surface area contributed by atoms with Gasteiger partial charge in [0.05, 0.1) is 6.33 Å². The minimum atomic E-state index is -0.141. The number of nitrogens with zero attached hydrogens (tertiary/aromatic N) is 2. The number of carbonyl (C=O) groups excluding carboxylic acids is 1. The quantitative estimate of drug-likeness (QED) is 0.911. The molecule has 0 saturated carbocycles. The third kappa shape index (κ3) is 3.54. The highest BCUT2D eigenvalue weighted by Crippen LogP contribution is 2.02. The monoisotopic (exact) mass is 271 g/mol. The van der Waals surface area contributed by atoms with Gasteiger partial charge in [0.1, 0.15) is 0 Å². The van der Waals surface area contributed by atoms with Gasteiger partial charge in [0, 0.05) is 30.4 Å². The lowest BCUT2D eigenvalue weighted by Gasteiger charge is -2.07. The Bertz CT molecular complexity index is 660. The van der Waals surface area contributed by atoms with Crippen LogP contribution in [0.2, 0.25) is 0 Å². The van der Waals surface area contributed by atoms with Crippen LogP contribution in [0.4, 0.5) is 0 Å². The summed E-state index contributed by atoms with van der Waals surface area (Å²) in [6.07, 6.45) is 1.50. The van der Waals surface area contributed by atoms with Crippen LogP contribution in [-0.2, 0) is 6.54 Å². The normalized spacial score (nSPS) is 10.3. The Morgan fingerprint density at radius 1 is 1.25 bits per heavy atom. The van der Waals surface area contributed by atoms with E-state index in [-0.39, 0.29) is 11.5 Å². The molecule has 0 spiro atoms. The molecule has 0 fully saturated rings. The molecule has 2 rings (SSSR count). The van der Waals surface area contributed by atoms with Crippen LogP contribution in [0.5, 0.6) is 0 Å². The van der Waals surface area contributed by atoms with Gasteiger partial charge in [0.25, 0.3) is 11.5 Å². The number of aromatic nitrogens is 2. The van der Waals surface area contributed by atoms with E-state index in [0.717, 1.165) is 5.56 Å². The van der Waals surface area contributed by atoms with Crippen LogP contribution < -0.4 is 10.9 Å². The molecule has 104 valence electrons. The molecule has 5 nitrogen and oxygen atoms in total. The van der Waals surface area contributed by atoms with Crippen molar-refractivity contribution >= 4 is 5.91 Å². The molecule has 1 amide bonds. The van der Waals surface area contributed by atoms with Gasteiger partial charge in [-0.2, -0.15) is 0 Å². The van der Waals surface area contributed by atoms with Crippen LogP contribution in [0, 0.1) is 13.8 Å². The molecule has 0 aliphatic carbocycles. The number of benzene rings is 1. The van der Waals surface area contributed by atoms with Crippen molar-refractivity contribution in [3.63, 3.8) is 0 Å². The Hall–Kier alpha value is -2.43. The van der Waals surface area contributed by atoms with Crippen LogP contribution in [0.3, 0.4) is 0 Å². The first-order valence-electron chi connectivity index (χ1n) is 6.44. The minimum Gasteiger partial charge on any atom is -0.350 e. The fourth-order valence-corrected chi connectivity index (χ4v) is 1.78. The van der Waals surface area contributed by atoms with E-state index in [1.54, 1.807) is 19.1 Å². The number of carbonyl (C=O) groups is 1. The fourth-order valence-electron chi connectivity index (χ4n) is 1.78. The molecule has 20 heavy (non-hydrogen) atoms. The zero-order valence-corrected chi connectivity index (χ0v) is 11.6. The van der Waals surface area contributed by atoms with Gasteiger partial charge >= 0.3 is 0 Å². The maximum atomic E-state index is 11.9. The van der Waals surface area contributed by atoms with E-state index in [9.17, 15) is 9.59 Å². The van der Waals surface area contributed by atoms with Gasteiger partial charge in [-0.15, -0.1) is 0 Å². The number of nitrogens with one attached hydrogen (secondary N) is 1. The van der Waals surface area contributed by atoms with E-state index in [1.807, 2.05) is 19.1 Å². The largest absolute Gasteiger partial charge is 0.350 e. The van der Waals surface area contributed by atoms with E-state index in [0.29, 0.717) is 24.3 Å². The fraction of sp³-hybridized carbons (Fsp3) is 0.267. The number of rotatable bonds is 4. The first kappa shape index (κ1) is 14.0. The van der Waals surface area contributed by atoms with E-state index in [4.69, 9.17) is 0 Å². The Morgan fingerprint density at radius 2 is 1.95 bits per heavy atom. The van der Waals surface area contributed by atoms with Gasteiger partial charge < -0.3 is 5.32 Å². The molecule has 5 heteroatoms. The second-order valence-electron chi connectivity index (χ2n) is 4.68. The number of amides is 1. The Kier molecular flexibility index (Phi) is 4.30. The standard InChI is InChI=1S/C15H17N3O2/c1-11-3-5-13(6-4-11)15(20)16-7-8-18-10-17-12(2)9-14(18)19/h3-6,9-10H,7-8H2,1-2H3,(H,16,20). The second-order valence-corrected chi connectivity index (χ2v) is 4.68. The lowest BCUT2D eigenvalue weighted by molar-refractivity contribution is 0.0952. The zero-order chi connectivity index (χ0) is 14.5. The maximum Gasteiger partial charge on any atom is 0.253 e. The zero-order valence-electron chi connectivity index (χ0n) is 11.6. The van der Waals surface area contributed by atoms with Gasteiger partial charge in [0.2, 0.25) is 0 Å². The summed E-state index contributed by atoms with van der Waals surface area (Å²) in [7, 11) is 0. The Labute approximate surface area is 117 Å². The summed E-state index contributed by atoms with van der Waals surface area (Å²) in [4.78, 5) is 27.6. The third-order valence-electron chi connectivity index (χ3n) is 2.97. The van der Waals surface area contributed by atoms with Crippen molar-refractivity contribution in [3.05, 3.63) is 63.8 Å². The average Bonchev–Trinajstić information content (AvgIpc) is 2.42. The summed E-state index contributed by atoms with van der Waals surface area (Å²) in [5.41, 5.74) is 2.31. The summed E-state index contributed by atoms with van der Waals surface area (Å²) >= 11 is 0. The molecule has 0 aliphatic heterocycles. The third-order valence-corrected chi connectivity index (χ3v) is 2.97. The molecule has 1 aromatic heterocycles. The van der Waals surface area contributed by atoms with E-state index in [1.165, 1.54) is 17.0 Å². The average molecular weight is 271 g/mol. The van der Waals surface area contributed by atoms with E-state index in [2.05, 4.69) is 10.3 Å². The van der Waals surface area contributed by atoms with Crippen LogP contribution in [0.25, 0.3) is 0 Å². The van der Waals surface area contributed by atoms with Gasteiger partial charge in [-0.05, 0) is 26.0 Å². The van der Waals surface area contributed by atoms with Crippen molar-refractivity contribution in [1.82, 2.24) is 14.9 Å². The molecule has 2 aromatic rings. The lowest BCUT2D eigenvalue weighted by atomic mass is 10.1. The number of hydrogen-bond acceptors (Lipinski definition) is 3. The Morgan fingerprint density at radius 3 is 2.60 bits per heavy atom. The van der Waals surface area contributed by atoms with E-state index < -0.39 is 0 Å². The minimum absolute atomic E-state index is 0.109. The summed E-state index contributed by atoms with van der Waals surface area (Å²) in [6.45, 7) is 4.53. The molecule has 0 atom stereocenters. The molecule has 0 aliphatic rings. The maximum absolute atomic E-state index is 11.9. The van der Waals surface area contributed by atoms with Crippen molar-refractivity contribution in [1.29, 1.82) is 0 Å². The summed E-state index contributed by atoms with van der Waals surface area (Å²) < 4.78 is 1.47. The Balaban J connectivity index is 1.91. The van der Waals surface area contributed by atoms with Gasteiger partial charge in [0.15, 0.2) is 0 Å². The summed E-state index contributed by atoms with van der Waals surface area (Å²) in [6, 6.07) is 8.82.